The average Bonchev–Trinajstić information content (AvgIpc) is 1.87. The van der Waals surface area contributed by atoms with Gasteiger partial charge in [-0.25, -0.2) is 0 Å². The number of aliphatic hydroxyl groups is 1. The van der Waals surface area contributed by atoms with E-state index >= 15 is 0 Å². The predicted molar refractivity (Wildman–Crippen MR) is 56.9 cm³/mol. The molecule has 68 valence electrons. The minimum Gasteiger partial charge on any atom is -0.394 e. The van der Waals surface area contributed by atoms with Crippen molar-refractivity contribution in [3.05, 3.63) is 0 Å². The lowest BCUT2D eigenvalue weighted by molar-refractivity contribution is 0.182. The molecule has 0 fully saturated rings. The number of rotatable bonds is 4. The number of aliphatic hydroxyl groups excluding tert-OH is 1. The van der Waals surface area contributed by atoms with Crippen LogP contribution in [0.25, 0.3) is 0 Å². The Morgan fingerprint density at radius 1 is 1.45 bits per heavy atom. The summed E-state index contributed by atoms with van der Waals surface area (Å²) < 4.78 is 0.426. The summed E-state index contributed by atoms with van der Waals surface area (Å²) in [6.07, 6.45) is 0. The molecule has 1 atom stereocenters. The topological polar surface area (TPSA) is 32.3 Å². The third-order valence-electron chi connectivity index (χ3n) is 1.51. The number of halogens is 1. The molecule has 0 aliphatic rings. The Bertz CT molecular complexity index is 115. The molecular formula is C8H18INO. The smallest absolute Gasteiger partial charge is 0.0621 e. The van der Waals surface area contributed by atoms with Gasteiger partial charge in [0.1, 0.15) is 0 Å². The van der Waals surface area contributed by atoms with Crippen LogP contribution in [0.15, 0.2) is 0 Å². The first-order valence-corrected chi connectivity index (χ1v) is 5.16. The van der Waals surface area contributed by atoms with E-state index < -0.39 is 0 Å². The Labute approximate surface area is 82.9 Å². The first kappa shape index (κ1) is 11.6. The standard InChI is InChI=1S/C8H18INO/c1-6(2)7(9)10-8(3,4)5-11/h6-7,10-11H,5H2,1-4H3. The van der Waals surface area contributed by atoms with E-state index in [1.54, 1.807) is 0 Å². The van der Waals surface area contributed by atoms with Crippen LogP contribution in [-0.2, 0) is 0 Å². The van der Waals surface area contributed by atoms with Gasteiger partial charge in [0.2, 0.25) is 0 Å². The van der Waals surface area contributed by atoms with Crippen molar-refractivity contribution >= 4 is 22.6 Å². The molecule has 0 aliphatic heterocycles. The van der Waals surface area contributed by atoms with Crippen LogP contribution < -0.4 is 5.32 Å². The van der Waals surface area contributed by atoms with Crippen molar-refractivity contribution in [3.8, 4) is 0 Å². The lowest BCUT2D eigenvalue weighted by atomic mass is 10.1. The van der Waals surface area contributed by atoms with Crippen molar-refractivity contribution < 1.29 is 5.11 Å². The van der Waals surface area contributed by atoms with Crippen molar-refractivity contribution in [2.24, 2.45) is 5.92 Å². The van der Waals surface area contributed by atoms with Gasteiger partial charge < -0.3 is 5.11 Å². The molecule has 0 aromatic rings. The molecule has 2 N–H and O–H groups in total. The third kappa shape index (κ3) is 4.98. The molecule has 1 unspecified atom stereocenters. The van der Waals surface area contributed by atoms with E-state index in [1.165, 1.54) is 0 Å². The zero-order valence-corrected chi connectivity index (χ0v) is 9.84. The summed E-state index contributed by atoms with van der Waals surface area (Å²) in [6.45, 7) is 8.51. The minimum absolute atomic E-state index is 0.157. The van der Waals surface area contributed by atoms with Crippen LogP contribution in [0.5, 0.6) is 0 Å². The number of hydrogen-bond donors (Lipinski definition) is 2. The summed E-state index contributed by atoms with van der Waals surface area (Å²) in [4.78, 5) is 0. The number of alkyl halides is 1. The van der Waals surface area contributed by atoms with E-state index in [1.807, 2.05) is 13.8 Å². The van der Waals surface area contributed by atoms with E-state index in [0.29, 0.717) is 9.97 Å². The molecule has 0 spiro atoms. The fourth-order valence-electron chi connectivity index (χ4n) is 0.586. The molecule has 0 aromatic carbocycles. The molecule has 0 rings (SSSR count). The van der Waals surface area contributed by atoms with Crippen LogP contribution in [0.3, 0.4) is 0 Å². The average molecular weight is 271 g/mol. The van der Waals surface area contributed by atoms with E-state index in [2.05, 4.69) is 41.8 Å². The van der Waals surface area contributed by atoms with Gasteiger partial charge in [-0.15, -0.1) is 0 Å². The van der Waals surface area contributed by atoms with Crippen molar-refractivity contribution in [2.45, 2.75) is 37.3 Å². The van der Waals surface area contributed by atoms with E-state index in [0.717, 1.165) is 0 Å². The number of nitrogens with one attached hydrogen (secondary N) is 1. The maximum atomic E-state index is 8.96. The summed E-state index contributed by atoms with van der Waals surface area (Å²) in [5, 5.41) is 12.3. The van der Waals surface area contributed by atoms with Crippen LogP contribution in [0.4, 0.5) is 0 Å². The fraction of sp³-hybridized carbons (Fsp3) is 1.00. The zero-order chi connectivity index (χ0) is 9.07. The summed E-state index contributed by atoms with van der Waals surface area (Å²) >= 11 is 2.36. The van der Waals surface area contributed by atoms with Gasteiger partial charge in [-0.2, -0.15) is 0 Å². The minimum atomic E-state index is -0.157. The molecule has 0 saturated carbocycles. The van der Waals surface area contributed by atoms with Gasteiger partial charge in [0, 0.05) is 5.54 Å². The van der Waals surface area contributed by atoms with Gasteiger partial charge in [-0.05, 0) is 19.8 Å². The Hall–Kier alpha value is 0.650. The monoisotopic (exact) mass is 271 g/mol. The second-order valence-corrected chi connectivity index (χ2v) is 5.17. The summed E-state index contributed by atoms with van der Waals surface area (Å²) in [5.41, 5.74) is -0.157. The van der Waals surface area contributed by atoms with Crippen LogP contribution in [-0.4, -0.2) is 21.3 Å². The lowest BCUT2D eigenvalue weighted by Crippen LogP contribution is -2.47. The van der Waals surface area contributed by atoms with Gasteiger partial charge in [0.05, 0.1) is 10.7 Å². The highest BCUT2D eigenvalue weighted by Gasteiger charge is 2.20. The molecule has 0 radical (unpaired) electrons. The van der Waals surface area contributed by atoms with E-state index in [9.17, 15) is 0 Å². The molecular weight excluding hydrogens is 253 g/mol. The Morgan fingerprint density at radius 2 is 1.91 bits per heavy atom. The highest BCUT2D eigenvalue weighted by Crippen LogP contribution is 2.13. The Balaban J connectivity index is 3.83. The largest absolute Gasteiger partial charge is 0.394 e. The fourth-order valence-corrected chi connectivity index (χ4v) is 1.43. The molecule has 0 bridgehead atoms. The molecule has 0 aromatic heterocycles. The van der Waals surface area contributed by atoms with Crippen molar-refractivity contribution in [1.29, 1.82) is 0 Å². The van der Waals surface area contributed by atoms with Crippen molar-refractivity contribution in [1.82, 2.24) is 5.32 Å². The van der Waals surface area contributed by atoms with Gasteiger partial charge in [0.25, 0.3) is 0 Å². The SMILES string of the molecule is CC(C)C(I)NC(C)(C)CO. The van der Waals surface area contributed by atoms with Crippen molar-refractivity contribution in [2.75, 3.05) is 6.61 Å². The highest BCUT2D eigenvalue weighted by atomic mass is 127. The van der Waals surface area contributed by atoms with Crippen LogP contribution in [0.2, 0.25) is 0 Å². The summed E-state index contributed by atoms with van der Waals surface area (Å²) in [6, 6.07) is 0. The maximum Gasteiger partial charge on any atom is 0.0621 e. The van der Waals surface area contributed by atoms with Gasteiger partial charge in [-0.3, -0.25) is 5.32 Å². The molecule has 0 amide bonds. The summed E-state index contributed by atoms with van der Waals surface area (Å²) in [5.74, 6) is 0.599. The second-order valence-electron chi connectivity index (χ2n) is 3.83. The lowest BCUT2D eigenvalue weighted by Gasteiger charge is -2.29. The normalized spacial score (nSPS) is 15.5. The Kier molecular flexibility index (Phi) is 4.89. The van der Waals surface area contributed by atoms with Crippen LogP contribution >= 0.6 is 22.6 Å². The summed E-state index contributed by atoms with van der Waals surface area (Å²) in [7, 11) is 0. The first-order valence-electron chi connectivity index (χ1n) is 3.91. The van der Waals surface area contributed by atoms with Gasteiger partial charge in [-0.1, -0.05) is 36.4 Å². The van der Waals surface area contributed by atoms with Gasteiger partial charge >= 0.3 is 0 Å². The zero-order valence-electron chi connectivity index (χ0n) is 7.69. The molecule has 0 saturated heterocycles. The molecule has 0 aliphatic carbocycles. The predicted octanol–water partition coefficient (Wildman–Crippen LogP) is 1.76. The van der Waals surface area contributed by atoms with Crippen LogP contribution in [0, 0.1) is 5.92 Å². The van der Waals surface area contributed by atoms with Crippen molar-refractivity contribution in [3.63, 3.8) is 0 Å². The second kappa shape index (κ2) is 4.62. The maximum absolute atomic E-state index is 8.96. The highest BCUT2D eigenvalue weighted by molar-refractivity contribution is 14.1. The molecule has 2 nitrogen and oxygen atoms in total. The molecule has 0 heterocycles. The Morgan fingerprint density at radius 3 is 2.18 bits per heavy atom. The molecule has 11 heavy (non-hydrogen) atoms. The molecule has 3 heteroatoms. The van der Waals surface area contributed by atoms with E-state index in [4.69, 9.17) is 5.11 Å². The van der Waals surface area contributed by atoms with Gasteiger partial charge in [0.15, 0.2) is 0 Å². The number of hydrogen-bond acceptors (Lipinski definition) is 2. The van der Waals surface area contributed by atoms with E-state index in [-0.39, 0.29) is 12.1 Å². The quantitative estimate of drug-likeness (QED) is 0.464. The van der Waals surface area contributed by atoms with Crippen LogP contribution in [0.1, 0.15) is 27.7 Å². The third-order valence-corrected chi connectivity index (χ3v) is 3.26. The first-order chi connectivity index (χ1) is 4.89.